The summed E-state index contributed by atoms with van der Waals surface area (Å²) in [6.07, 6.45) is 3.60. The number of rotatable bonds is 1. The number of aromatic amines is 1. The number of nitrogens with two attached hydrogens (primary N) is 1. The molecule has 2 aromatic heterocycles. The Balaban J connectivity index is 2.53. The highest BCUT2D eigenvalue weighted by Crippen LogP contribution is 2.19. The number of aromatic nitrogens is 4. The summed E-state index contributed by atoms with van der Waals surface area (Å²) < 4.78 is 0. The standard InChI is InChI=1S/C8H9N5/c1-5-11-8(9)7(13-12-5)6-2-3-10-4-6/h2-4,10H,1H3,(H2,9,11,12). The Bertz CT molecular complexity index is 406. The molecule has 5 heteroatoms. The minimum atomic E-state index is 0.409. The van der Waals surface area contributed by atoms with Gasteiger partial charge in [-0.15, -0.1) is 10.2 Å². The van der Waals surface area contributed by atoms with Crippen molar-refractivity contribution in [1.82, 2.24) is 20.2 Å². The second-order valence-electron chi connectivity index (χ2n) is 2.69. The third kappa shape index (κ3) is 1.35. The van der Waals surface area contributed by atoms with Crippen molar-refractivity contribution >= 4 is 5.82 Å². The number of nitrogens with zero attached hydrogens (tertiary/aromatic N) is 3. The van der Waals surface area contributed by atoms with Crippen molar-refractivity contribution in [3.8, 4) is 11.3 Å². The van der Waals surface area contributed by atoms with Crippen LogP contribution in [0.3, 0.4) is 0 Å². The van der Waals surface area contributed by atoms with E-state index < -0.39 is 0 Å². The smallest absolute Gasteiger partial charge is 0.154 e. The van der Waals surface area contributed by atoms with E-state index in [9.17, 15) is 0 Å². The second kappa shape index (κ2) is 2.85. The Morgan fingerprint density at radius 1 is 1.38 bits per heavy atom. The molecule has 0 bridgehead atoms. The lowest BCUT2D eigenvalue weighted by Gasteiger charge is -1.99. The zero-order valence-corrected chi connectivity index (χ0v) is 7.15. The number of aryl methyl sites for hydroxylation is 1. The topological polar surface area (TPSA) is 80.5 Å². The van der Waals surface area contributed by atoms with Crippen LogP contribution in [0.25, 0.3) is 11.3 Å². The quantitative estimate of drug-likeness (QED) is 0.670. The largest absolute Gasteiger partial charge is 0.382 e. The van der Waals surface area contributed by atoms with Gasteiger partial charge in [0, 0.05) is 18.0 Å². The number of anilines is 1. The van der Waals surface area contributed by atoms with Crippen molar-refractivity contribution in [2.24, 2.45) is 0 Å². The number of hydrogen-bond donors (Lipinski definition) is 2. The van der Waals surface area contributed by atoms with Gasteiger partial charge in [-0.2, -0.15) is 0 Å². The molecule has 0 amide bonds. The predicted octanol–water partition coefficient (Wildman–Crippen LogP) is 0.757. The van der Waals surface area contributed by atoms with Crippen molar-refractivity contribution < 1.29 is 0 Å². The van der Waals surface area contributed by atoms with Gasteiger partial charge in [-0.25, -0.2) is 4.98 Å². The van der Waals surface area contributed by atoms with E-state index in [4.69, 9.17) is 5.73 Å². The monoisotopic (exact) mass is 175 g/mol. The minimum Gasteiger partial charge on any atom is -0.382 e. The molecule has 0 unspecified atom stereocenters. The average molecular weight is 175 g/mol. The van der Waals surface area contributed by atoms with Crippen LogP contribution >= 0.6 is 0 Å². The molecule has 0 aliphatic rings. The van der Waals surface area contributed by atoms with E-state index in [1.807, 2.05) is 6.07 Å². The maximum Gasteiger partial charge on any atom is 0.154 e. The molecule has 13 heavy (non-hydrogen) atoms. The van der Waals surface area contributed by atoms with Crippen LogP contribution in [-0.2, 0) is 0 Å². The van der Waals surface area contributed by atoms with Crippen molar-refractivity contribution in [3.63, 3.8) is 0 Å². The number of hydrogen-bond acceptors (Lipinski definition) is 4. The van der Waals surface area contributed by atoms with E-state index in [-0.39, 0.29) is 0 Å². The lowest BCUT2D eigenvalue weighted by atomic mass is 10.2. The van der Waals surface area contributed by atoms with E-state index in [2.05, 4.69) is 20.2 Å². The van der Waals surface area contributed by atoms with Gasteiger partial charge in [0.15, 0.2) is 5.82 Å². The van der Waals surface area contributed by atoms with Crippen LogP contribution in [0.5, 0.6) is 0 Å². The van der Waals surface area contributed by atoms with E-state index in [1.165, 1.54) is 0 Å². The molecule has 0 spiro atoms. The van der Waals surface area contributed by atoms with Gasteiger partial charge in [-0.1, -0.05) is 0 Å². The summed E-state index contributed by atoms with van der Waals surface area (Å²) in [5.41, 5.74) is 7.20. The molecule has 0 saturated carbocycles. The molecule has 2 aromatic rings. The summed E-state index contributed by atoms with van der Waals surface area (Å²) in [5, 5.41) is 7.80. The number of nitrogen functional groups attached to an aromatic ring is 1. The normalized spacial score (nSPS) is 10.2. The summed E-state index contributed by atoms with van der Waals surface area (Å²) in [6, 6.07) is 1.87. The van der Waals surface area contributed by atoms with Crippen LogP contribution in [0.15, 0.2) is 18.5 Å². The summed E-state index contributed by atoms with van der Waals surface area (Å²) in [4.78, 5) is 6.94. The summed E-state index contributed by atoms with van der Waals surface area (Å²) in [7, 11) is 0. The third-order valence-corrected chi connectivity index (χ3v) is 1.69. The molecule has 0 fully saturated rings. The van der Waals surface area contributed by atoms with Crippen LogP contribution in [0, 0.1) is 6.92 Å². The molecule has 0 saturated heterocycles. The Morgan fingerprint density at radius 2 is 2.23 bits per heavy atom. The van der Waals surface area contributed by atoms with Crippen LogP contribution in [0.1, 0.15) is 5.82 Å². The molecule has 0 aromatic carbocycles. The lowest BCUT2D eigenvalue weighted by Crippen LogP contribution is -2.01. The summed E-state index contributed by atoms with van der Waals surface area (Å²) >= 11 is 0. The van der Waals surface area contributed by atoms with Crippen LogP contribution in [-0.4, -0.2) is 20.2 Å². The van der Waals surface area contributed by atoms with Gasteiger partial charge in [0.1, 0.15) is 11.5 Å². The van der Waals surface area contributed by atoms with Gasteiger partial charge in [0.2, 0.25) is 0 Å². The molecule has 3 N–H and O–H groups in total. The number of nitrogens with one attached hydrogen (secondary N) is 1. The lowest BCUT2D eigenvalue weighted by molar-refractivity contribution is 0.921. The first kappa shape index (κ1) is 7.72. The molecule has 0 aliphatic carbocycles. The highest BCUT2D eigenvalue weighted by atomic mass is 15.2. The molecule has 66 valence electrons. The summed E-state index contributed by atoms with van der Waals surface area (Å²) in [6.45, 7) is 1.75. The molecular weight excluding hydrogens is 166 g/mol. The van der Waals surface area contributed by atoms with Gasteiger partial charge >= 0.3 is 0 Å². The molecule has 2 heterocycles. The maximum absolute atomic E-state index is 5.69. The van der Waals surface area contributed by atoms with Gasteiger partial charge < -0.3 is 10.7 Å². The fourth-order valence-corrected chi connectivity index (χ4v) is 1.10. The predicted molar refractivity (Wildman–Crippen MR) is 48.8 cm³/mol. The van der Waals surface area contributed by atoms with Crippen molar-refractivity contribution in [2.45, 2.75) is 6.92 Å². The average Bonchev–Trinajstić information content (AvgIpc) is 2.56. The molecular formula is C8H9N5. The van der Waals surface area contributed by atoms with Crippen molar-refractivity contribution in [2.75, 3.05) is 5.73 Å². The fraction of sp³-hybridized carbons (Fsp3) is 0.125. The summed E-state index contributed by atoms with van der Waals surface area (Å²) in [5.74, 6) is 0.990. The first-order chi connectivity index (χ1) is 6.27. The first-order valence-electron chi connectivity index (χ1n) is 3.87. The Hall–Kier alpha value is -1.91. The fourth-order valence-electron chi connectivity index (χ4n) is 1.10. The van der Waals surface area contributed by atoms with Crippen LogP contribution < -0.4 is 5.73 Å². The van der Waals surface area contributed by atoms with Gasteiger partial charge in [0.25, 0.3) is 0 Å². The molecule has 0 aliphatic heterocycles. The maximum atomic E-state index is 5.69. The van der Waals surface area contributed by atoms with Crippen molar-refractivity contribution in [1.29, 1.82) is 0 Å². The zero-order chi connectivity index (χ0) is 9.26. The Morgan fingerprint density at radius 3 is 2.85 bits per heavy atom. The minimum absolute atomic E-state index is 0.409. The highest BCUT2D eigenvalue weighted by molar-refractivity contribution is 5.68. The van der Waals surface area contributed by atoms with Crippen molar-refractivity contribution in [3.05, 3.63) is 24.3 Å². The molecule has 2 rings (SSSR count). The Labute approximate surface area is 75.0 Å². The molecule has 0 radical (unpaired) electrons. The first-order valence-corrected chi connectivity index (χ1v) is 3.87. The van der Waals surface area contributed by atoms with Crippen LogP contribution in [0.4, 0.5) is 5.82 Å². The van der Waals surface area contributed by atoms with Gasteiger partial charge in [-0.3, -0.25) is 0 Å². The van der Waals surface area contributed by atoms with Gasteiger partial charge in [0.05, 0.1) is 0 Å². The number of H-pyrrole nitrogens is 1. The third-order valence-electron chi connectivity index (χ3n) is 1.69. The van der Waals surface area contributed by atoms with E-state index in [1.54, 1.807) is 19.3 Å². The second-order valence-corrected chi connectivity index (χ2v) is 2.69. The SMILES string of the molecule is Cc1nnc(-c2cc[nH]c2)c(N)n1. The van der Waals surface area contributed by atoms with Gasteiger partial charge in [-0.05, 0) is 13.0 Å². The van der Waals surface area contributed by atoms with E-state index in [0.29, 0.717) is 17.3 Å². The molecule has 0 atom stereocenters. The molecule has 5 nitrogen and oxygen atoms in total. The van der Waals surface area contributed by atoms with E-state index in [0.717, 1.165) is 5.56 Å². The zero-order valence-electron chi connectivity index (χ0n) is 7.15. The Kier molecular flexibility index (Phi) is 1.70. The highest BCUT2D eigenvalue weighted by Gasteiger charge is 2.06. The van der Waals surface area contributed by atoms with E-state index >= 15 is 0 Å². The van der Waals surface area contributed by atoms with Crippen LogP contribution in [0.2, 0.25) is 0 Å².